The van der Waals surface area contributed by atoms with E-state index < -0.39 is 0 Å². The van der Waals surface area contributed by atoms with E-state index in [1.165, 1.54) is 37.7 Å². The summed E-state index contributed by atoms with van der Waals surface area (Å²) in [4.78, 5) is 2.55. The molecule has 0 bridgehead atoms. The van der Waals surface area contributed by atoms with E-state index in [0.717, 1.165) is 24.0 Å². The molecule has 1 saturated carbocycles. The molecule has 1 unspecified atom stereocenters. The highest BCUT2D eigenvalue weighted by Crippen LogP contribution is 2.24. The maximum atomic E-state index is 5.96. The summed E-state index contributed by atoms with van der Waals surface area (Å²) in [7, 11) is 4.32. The van der Waals surface area contributed by atoms with Crippen molar-refractivity contribution in [3.8, 4) is 0 Å². The normalized spacial score (nSPS) is 18.4. The number of rotatable bonds is 6. The largest absolute Gasteiger partial charge is 0.313 e. The van der Waals surface area contributed by atoms with E-state index in [4.69, 9.17) is 11.6 Å². The van der Waals surface area contributed by atoms with Gasteiger partial charge in [-0.1, -0.05) is 43.0 Å². The Hall–Kier alpha value is -0.570. The minimum Gasteiger partial charge on any atom is -0.313 e. The zero-order valence-electron chi connectivity index (χ0n) is 12.7. The molecule has 20 heavy (non-hydrogen) atoms. The van der Waals surface area contributed by atoms with Crippen LogP contribution in [0.25, 0.3) is 0 Å². The molecule has 0 radical (unpaired) electrons. The van der Waals surface area contributed by atoms with Gasteiger partial charge in [0, 0.05) is 17.1 Å². The molecular formula is C17H27ClN2. The third-order valence-electron chi connectivity index (χ3n) is 4.59. The molecule has 0 saturated heterocycles. The second-order valence-electron chi connectivity index (χ2n) is 5.95. The number of halogens is 1. The molecular weight excluding hydrogens is 268 g/mol. The van der Waals surface area contributed by atoms with Gasteiger partial charge in [0.15, 0.2) is 0 Å². The highest BCUT2D eigenvalue weighted by atomic mass is 35.5. The van der Waals surface area contributed by atoms with Crippen molar-refractivity contribution < 1.29 is 0 Å². The molecule has 2 nitrogen and oxygen atoms in total. The van der Waals surface area contributed by atoms with Gasteiger partial charge in [0.1, 0.15) is 0 Å². The summed E-state index contributed by atoms with van der Waals surface area (Å²) in [6.07, 6.45) is 8.13. The second kappa shape index (κ2) is 8.02. The first-order chi connectivity index (χ1) is 9.70. The molecule has 0 amide bonds. The molecule has 1 aliphatic carbocycles. The molecule has 0 spiro atoms. The molecule has 1 atom stereocenters. The molecule has 1 aromatic carbocycles. The van der Waals surface area contributed by atoms with Crippen LogP contribution in [0.5, 0.6) is 0 Å². The van der Waals surface area contributed by atoms with Crippen LogP contribution in [-0.2, 0) is 0 Å². The quantitative estimate of drug-likeness (QED) is 0.843. The van der Waals surface area contributed by atoms with Crippen LogP contribution < -0.4 is 5.32 Å². The van der Waals surface area contributed by atoms with Crippen LogP contribution in [0.15, 0.2) is 24.3 Å². The Labute approximate surface area is 128 Å². The average molecular weight is 295 g/mol. The highest BCUT2D eigenvalue weighted by Gasteiger charge is 2.19. The fourth-order valence-corrected chi connectivity index (χ4v) is 3.34. The number of benzene rings is 1. The fourth-order valence-electron chi connectivity index (χ4n) is 3.21. The van der Waals surface area contributed by atoms with Gasteiger partial charge in [-0.25, -0.2) is 0 Å². The first kappa shape index (κ1) is 15.8. The lowest BCUT2D eigenvalue weighted by molar-refractivity contribution is 0.184. The maximum absolute atomic E-state index is 5.96. The Morgan fingerprint density at radius 2 is 1.85 bits per heavy atom. The van der Waals surface area contributed by atoms with Crippen LogP contribution >= 0.6 is 11.6 Å². The van der Waals surface area contributed by atoms with Crippen LogP contribution in [0.1, 0.15) is 50.1 Å². The van der Waals surface area contributed by atoms with Gasteiger partial charge in [-0.2, -0.15) is 0 Å². The number of nitrogens with one attached hydrogen (secondary N) is 1. The zero-order valence-corrected chi connectivity index (χ0v) is 13.5. The lowest BCUT2D eigenvalue weighted by atomic mass is 9.94. The number of nitrogens with zero attached hydrogens (tertiary/aromatic N) is 1. The first-order valence-corrected chi connectivity index (χ1v) is 8.21. The van der Waals surface area contributed by atoms with Crippen LogP contribution in [0.3, 0.4) is 0 Å². The zero-order chi connectivity index (χ0) is 14.4. The van der Waals surface area contributed by atoms with Gasteiger partial charge in [0.25, 0.3) is 0 Å². The van der Waals surface area contributed by atoms with Crippen molar-refractivity contribution in [2.75, 3.05) is 20.6 Å². The molecule has 112 valence electrons. The third kappa shape index (κ3) is 4.47. The van der Waals surface area contributed by atoms with Crippen LogP contribution in [-0.4, -0.2) is 31.6 Å². The van der Waals surface area contributed by atoms with Crippen molar-refractivity contribution in [3.05, 3.63) is 34.9 Å². The van der Waals surface area contributed by atoms with E-state index in [2.05, 4.69) is 29.4 Å². The molecule has 1 aromatic rings. The predicted octanol–water partition coefficient (Wildman–Crippen LogP) is 4.26. The SMILES string of the molecule is CNC(CCN(C)C1CCCCC1)c1ccc(Cl)cc1. The smallest absolute Gasteiger partial charge is 0.0406 e. The van der Waals surface area contributed by atoms with Gasteiger partial charge >= 0.3 is 0 Å². The standard InChI is InChI=1S/C17H27ClN2/c1-19-17(14-8-10-15(18)11-9-14)12-13-20(2)16-6-4-3-5-7-16/h8-11,16-17,19H,3-7,12-13H2,1-2H3. The summed E-state index contributed by atoms with van der Waals surface area (Å²) in [6, 6.07) is 9.43. The Kier molecular flexibility index (Phi) is 6.34. The lowest BCUT2D eigenvalue weighted by Gasteiger charge is -2.32. The molecule has 3 heteroatoms. The third-order valence-corrected chi connectivity index (χ3v) is 4.84. The molecule has 0 aliphatic heterocycles. The summed E-state index contributed by atoms with van der Waals surface area (Å²) < 4.78 is 0. The lowest BCUT2D eigenvalue weighted by Crippen LogP contribution is -2.35. The Bertz CT molecular complexity index is 384. The van der Waals surface area contributed by atoms with Gasteiger partial charge in [-0.05, 0) is 57.6 Å². The van der Waals surface area contributed by atoms with Crippen molar-refractivity contribution in [1.82, 2.24) is 10.2 Å². The van der Waals surface area contributed by atoms with E-state index in [-0.39, 0.29) is 0 Å². The van der Waals surface area contributed by atoms with Crippen LogP contribution in [0.2, 0.25) is 5.02 Å². The Morgan fingerprint density at radius 3 is 2.45 bits per heavy atom. The van der Waals surface area contributed by atoms with Crippen molar-refractivity contribution in [1.29, 1.82) is 0 Å². The van der Waals surface area contributed by atoms with Gasteiger partial charge in [-0.15, -0.1) is 0 Å². The van der Waals surface area contributed by atoms with E-state index in [9.17, 15) is 0 Å². The minimum absolute atomic E-state index is 0.415. The van der Waals surface area contributed by atoms with E-state index in [0.29, 0.717) is 6.04 Å². The maximum Gasteiger partial charge on any atom is 0.0406 e. The molecule has 0 aromatic heterocycles. The molecule has 0 heterocycles. The highest BCUT2D eigenvalue weighted by molar-refractivity contribution is 6.30. The summed E-state index contributed by atoms with van der Waals surface area (Å²) in [5, 5.41) is 4.23. The predicted molar refractivity (Wildman–Crippen MR) is 87.4 cm³/mol. The average Bonchev–Trinajstić information content (AvgIpc) is 2.50. The van der Waals surface area contributed by atoms with Crippen LogP contribution in [0, 0.1) is 0 Å². The Morgan fingerprint density at radius 1 is 1.20 bits per heavy atom. The second-order valence-corrected chi connectivity index (χ2v) is 6.39. The van der Waals surface area contributed by atoms with Crippen LogP contribution in [0.4, 0.5) is 0 Å². The number of hydrogen-bond donors (Lipinski definition) is 1. The van der Waals surface area contributed by atoms with Crippen molar-refractivity contribution in [2.45, 2.75) is 50.6 Å². The van der Waals surface area contributed by atoms with Gasteiger partial charge < -0.3 is 10.2 Å². The van der Waals surface area contributed by atoms with E-state index in [1.54, 1.807) is 0 Å². The number of hydrogen-bond acceptors (Lipinski definition) is 2. The first-order valence-electron chi connectivity index (χ1n) is 7.83. The van der Waals surface area contributed by atoms with Gasteiger partial charge in [0.05, 0.1) is 0 Å². The van der Waals surface area contributed by atoms with Crippen molar-refractivity contribution in [2.24, 2.45) is 0 Å². The topological polar surface area (TPSA) is 15.3 Å². The molecule has 1 fully saturated rings. The monoisotopic (exact) mass is 294 g/mol. The Balaban J connectivity index is 1.85. The summed E-state index contributed by atoms with van der Waals surface area (Å²) in [5.74, 6) is 0. The minimum atomic E-state index is 0.415. The van der Waals surface area contributed by atoms with Gasteiger partial charge in [0.2, 0.25) is 0 Å². The molecule has 1 N–H and O–H groups in total. The van der Waals surface area contributed by atoms with Crippen molar-refractivity contribution in [3.63, 3.8) is 0 Å². The van der Waals surface area contributed by atoms with Gasteiger partial charge in [-0.3, -0.25) is 0 Å². The summed E-state index contributed by atoms with van der Waals surface area (Å²) >= 11 is 5.96. The fraction of sp³-hybridized carbons (Fsp3) is 0.647. The van der Waals surface area contributed by atoms with Crippen molar-refractivity contribution >= 4 is 11.6 Å². The summed E-state index contributed by atoms with van der Waals surface area (Å²) in [5.41, 5.74) is 1.33. The summed E-state index contributed by atoms with van der Waals surface area (Å²) in [6.45, 7) is 1.15. The van der Waals surface area contributed by atoms with E-state index >= 15 is 0 Å². The van der Waals surface area contributed by atoms with E-state index in [1.807, 2.05) is 19.2 Å². The molecule has 2 rings (SSSR count). The molecule has 1 aliphatic rings.